The lowest BCUT2D eigenvalue weighted by Gasteiger charge is -2.38. The third kappa shape index (κ3) is 4.87. The Bertz CT molecular complexity index is 830. The van der Waals surface area contributed by atoms with E-state index in [2.05, 4.69) is 5.32 Å². The van der Waals surface area contributed by atoms with Gasteiger partial charge in [-0.3, -0.25) is 4.79 Å². The monoisotopic (exact) mass is 387 g/mol. The van der Waals surface area contributed by atoms with E-state index in [1.54, 1.807) is 12.1 Å². The summed E-state index contributed by atoms with van der Waals surface area (Å²) in [5, 5.41) is 12.8. The first kappa shape index (κ1) is 19.4. The SMILES string of the molecule is O=C(Cc1cccc(C(=O)O)c1)NCC1(c2cccc(Cl)c2)CCOCC1. The second-order valence-electron chi connectivity index (χ2n) is 6.86. The van der Waals surface area contributed by atoms with Crippen LogP contribution in [0.1, 0.15) is 34.3 Å². The van der Waals surface area contributed by atoms with E-state index < -0.39 is 5.97 Å². The molecule has 1 amide bonds. The van der Waals surface area contributed by atoms with E-state index in [0.717, 1.165) is 18.4 Å². The molecule has 5 nitrogen and oxygen atoms in total. The Hall–Kier alpha value is -2.37. The minimum absolute atomic E-state index is 0.134. The lowest BCUT2D eigenvalue weighted by molar-refractivity contribution is -0.121. The van der Waals surface area contributed by atoms with Crippen LogP contribution in [0.15, 0.2) is 48.5 Å². The molecule has 0 aliphatic carbocycles. The molecule has 2 N–H and O–H groups in total. The number of hydrogen-bond acceptors (Lipinski definition) is 3. The summed E-state index contributed by atoms with van der Waals surface area (Å²) in [5.41, 5.74) is 1.75. The summed E-state index contributed by atoms with van der Waals surface area (Å²) in [6.07, 6.45) is 1.76. The standard InChI is InChI=1S/C21H22ClNO4/c22-18-6-2-5-17(13-18)21(7-9-27-10-8-21)14-23-19(24)12-15-3-1-4-16(11-15)20(25)26/h1-6,11,13H,7-10,12,14H2,(H,23,24)(H,25,26). The molecule has 0 saturated carbocycles. The maximum Gasteiger partial charge on any atom is 0.335 e. The molecule has 0 radical (unpaired) electrons. The highest BCUT2D eigenvalue weighted by Gasteiger charge is 2.35. The first-order valence-corrected chi connectivity index (χ1v) is 9.29. The van der Waals surface area contributed by atoms with Crippen LogP contribution >= 0.6 is 11.6 Å². The van der Waals surface area contributed by atoms with Gasteiger partial charge in [0, 0.05) is 30.2 Å². The summed E-state index contributed by atoms with van der Waals surface area (Å²) in [6, 6.07) is 14.2. The van der Waals surface area contributed by atoms with Crippen LogP contribution in [0.3, 0.4) is 0 Å². The molecule has 0 aromatic heterocycles. The van der Waals surface area contributed by atoms with Crippen molar-refractivity contribution >= 4 is 23.5 Å². The van der Waals surface area contributed by atoms with Crippen molar-refractivity contribution in [2.24, 2.45) is 0 Å². The molecule has 1 saturated heterocycles. The molecule has 27 heavy (non-hydrogen) atoms. The van der Waals surface area contributed by atoms with E-state index >= 15 is 0 Å². The van der Waals surface area contributed by atoms with Crippen molar-refractivity contribution in [3.8, 4) is 0 Å². The Morgan fingerprint density at radius 2 is 1.85 bits per heavy atom. The van der Waals surface area contributed by atoms with Gasteiger partial charge in [-0.2, -0.15) is 0 Å². The number of aromatic carboxylic acids is 1. The summed E-state index contributed by atoms with van der Waals surface area (Å²) in [7, 11) is 0. The fraction of sp³-hybridized carbons (Fsp3) is 0.333. The molecule has 2 aromatic rings. The summed E-state index contributed by atoms with van der Waals surface area (Å²) < 4.78 is 5.51. The van der Waals surface area contributed by atoms with Crippen molar-refractivity contribution < 1.29 is 19.4 Å². The number of carboxylic acids is 1. The molecular weight excluding hydrogens is 366 g/mol. The van der Waals surface area contributed by atoms with E-state index in [9.17, 15) is 9.59 Å². The molecule has 1 heterocycles. The first-order chi connectivity index (χ1) is 13.0. The summed E-state index contributed by atoms with van der Waals surface area (Å²) in [6.45, 7) is 1.78. The average molecular weight is 388 g/mol. The molecule has 3 rings (SSSR count). The zero-order valence-electron chi connectivity index (χ0n) is 14.9. The quantitative estimate of drug-likeness (QED) is 0.796. The van der Waals surface area contributed by atoms with Crippen LogP contribution in [0.2, 0.25) is 5.02 Å². The topological polar surface area (TPSA) is 75.6 Å². The summed E-state index contributed by atoms with van der Waals surface area (Å²) in [5.74, 6) is -1.13. The predicted molar refractivity (Wildman–Crippen MR) is 103 cm³/mol. The second-order valence-corrected chi connectivity index (χ2v) is 7.30. The smallest absolute Gasteiger partial charge is 0.335 e. The number of carbonyl (C=O) groups excluding carboxylic acids is 1. The number of rotatable bonds is 6. The van der Waals surface area contributed by atoms with E-state index in [-0.39, 0.29) is 23.3 Å². The van der Waals surface area contributed by atoms with Crippen molar-refractivity contribution in [1.29, 1.82) is 0 Å². The first-order valence-electron chi connectivity index (χ1n) is 8.91. The molecule has 6 heteroatoms. The number of carbonyl (C=O) groups is 2. The molecule has 1 aliphatic heterocycles. The van der Waals surface area contributed by atoms with Crippen LogP contribution in [-0.4, -0.2) is 36.7 Å². The third-order valence-electron chi connectivity index (χ3n) is 5.05. The highest BCUT2D eigenvalue weighted by molar-refractivity contribution is 6.30. The summed E-state index contributed by atoms with van der Waals surface area (Å²) in [4.78, 5) is 23.5. The van der Waals surface area contributed by atoms with Gasteiger partial charge in [0.25, 0.3) is 0 Å². The highest BCUT2D eigenvalue weighted by atomic mass is 35.5. The van der Waals surface area contributed by atoms with Gasteiger partial charge in [-0.25, -0.2) is 4.79 Å². The third-order valence-corrected chi connectivity index (χ3v) is 5.28. The molecule has 1 aliphatic rings. The van der Waals surface area contributed by atoms with Crippen molar-refractivity contribution in [2.75, 3.05) is 19.8 Å². The Balaban J connectivity index is 1.69. The number of nitrogens with one attached hydrogen (secondary N) is 1. The van der Waals surface area contributed by atoms with Crippen molar-refractivity contribution in [3.05, 3.63) is 70.2 Å². The molecular formula is C21H22ClNO4. The number of halogens is 1. The molecule has 142 valence electrons. The Morgan fingerprint density at radius 3 is 2.56 bits per heavy atom. The number of hydrogen-bond donors (Lipinski definition) is 2. The molecule has 2 aromatic carbocycles. The van der Waals surface area contributed by atoms with Crippen molar-refractivity contribution in [3.63, 3.8) is 0 Å². The number of ether oxygens (including phenoxy) is 1. The fourth-order valence-corrected chi connectivity index (χ4v) is 3.67. The minimum Gasteiger partial charge on any atom is -0.478 e. The molecule has 0 bridgehead atoms. The average Bonchev–Trinajstić information content (AvgIpc) is 2.67. The number of amides is 1. The van der Waals surface area contributed by atoms with Crippen LogP contribution < -0.4 is 5.32 Å². The van der Waals surface area contributed by atoms with Crippen molar-refractivity contribution in [1.82, 2.24) is 5.32 Å². The normalized spacial score (nSPS) is 15.9. The van der Waals surface area contributed by atoms with Crippen LogP contribution in [0.4, 0.5) is 0 Å². The van der Waals surface area contributed by atoms with Crippen LogP contribution in [0.25, 0.3) is 0 Å². The Morgan fingerprint density at radius 1 is 1.11 bits per heavy atom. The lowest BCUT2D eigenvalue weighted by Crippen LogP contribution is -2.45. The van der Waals surface area contributed by atoms with Crippen LogP contribution in [0, 0.1) is 0 Å². The van der Waals surface area contributed by atoms with Gasteiger partial charge in [-0.15, -0.1) is 0 Å². The molecule has 0 spiro atoms. The maximum absolute atomic E-state index is 12.5. The predicted octanol–water partition coefficient (Wildman–Crippen LogP) is 3.45. The Labute approximate surface area is 163 Å². The largest absolute Gasteiger partial charge is 0.478 e. The molecule has 0 unspecified atom stereocenters. The van der Waals surface area contributed by atoms with Gasteiger partial charge in [-0.1, -0.05) is 35.9 Å². The van der Waals surface area contributed by atoms with Crippen LogP contribution in [-0.2, 0) is 21.4 Å². The lowest BCUT2D eigenvalue weighted by atomic mass is 9.74. The summed E-state index contributed by atoms with van der Waals surface area (Å²) >= 11 is 6.17. The van der Waals surface area contributed by atoms with Gasteiger partial charge < -0.3 is 15.2 Å². The van der Waals surface area contributed by atoms with Gasteiger partial charge in [0.05, 0.1) is 12.0 Å². The zero-order valence-corrected chi connectivity index (χ0v) is 15.7. The van der Waals surface area contributed by atoms with Gasteiger partial charge in [0.1, 0.15) is 0 Å². The zero-order chi connectivity index (χ0) is 19.3. The van der Waals surface area contributed by atoms with Crippen molar-refractivity contribution in [2.45, 2.75) is 24.7 Å². The fourth-order valence-electron chi connectivity index (χ4n) is 3.48. The van der Waals surface area contributed by atoms with Gasteiger partial charge in [0.2, 0.25) is 5.91 Å². The van der Waals surface area contributed by atoms with Crippen LogP contribution in [0.5, 0.6) is 0 Å². The van der Waals surface area contributed by atoms with E-state index in [1.165, 1.54) is 12.1 Å². The van der Waals surface area contributed by atoms with E-state index in [4.69, 9.17) is 21.4 Å². The molecule has 0 atom stereocenters. The number of carboxylic acid groups (broad SMARTS) is 1. The molecule has 1 fully saturated rings. The van der Waals surface area contributed by atoms with E-state index in [0.29, 0.717) is 30.3 Å². The maximum atomic E-state index is 12.5. The number of benzene rings is 2. The van der Waals surface area contributed by atoms with Gasteiger partial charge >= 0.3 is 5.97 Å². The highest BCUT2D eigenvalue weighted by Crippen LogP contribution is 2.35. The second kappa shape index (κ2) is 8.55. The van der Waals surface area contributed by atoms with Gasteiger partial charge in [0.15, 0.2) is 0 Å². The van der Waals surface area contributed by atoms with E-state index in [1.807, 2.05) is 24.3 Å². The minimum atomic E-state index is -1.00. The Kier molecular flexibility index (Phi) is 6.14. The van der Waals surface area contributed by atoms with Gasteiger partial charge in [-0.05, 0) is 48.2 Å².